The van der Waals surface area contributed by atoms with Crippen LogP contribution in [0.15, 0.2) is 91.0 Å². The minimum Gasteiger partial charge on any atom is -0.494 e. The van der Waals surface area contributed by atoms with Crippen molar-refractivity contribution in [2.75, 3.05) is 26.3 Å². The molecule has 0 radical (unpaired) electrons. The number of amides is 1. The first kappa shape index (κ1) is 37.8. The second kappa shape index (κ2) is 17.7. The summed E-state index contributed by atoms with van der Waals surface area (Å²) in [5, 5.41) is 0. The van der Waals surface area contributed by atoms with Gasteiger partial charge in [0.1, 0.15) is 34.6 Å². The van der Waals surface area contributed by atoms with Gasteiger partial charge in [-0.1, -0.05) is 54.6 Å². The highest BCUT2D eigenvalue weighted by molar-refractivity contribution is 5.68. The lowest BCUT2D eigenvalue weighted by Crippen LogP contribution is -2.55. The number of hydrogen-bond donors (Lipinski definition) is 0. The Labute approximate surface area is 296 Å². The predicted octanol–water partition coefficient (Wildman–Crippen LogP) is 8.73. The first-order chi connectivity index (χ1) is 24.4. The van der Waals surface area contributed by atoms with E-state index in [1.54, 1.807) is 20.8 Å². The van der Waals surface area contributed by atoms with Crippen LogP contribution in [0.25, 0.3) is 0 Å². The summed E-state index contributed by atoms with van der Waals surface area (Å²) in [6.07, 6.45) is -1.44. The van der Waals surface area contributed by atoms with Crippen LogP contribution in [-0.2, 0) is 38.8 Å². The van der Waals surface area contributed by atoms with Crippen LogP contribution < -0.4 is 4.74 Å². The number of carbonyl (C=O) groups excluding carboxylic acids is 1. The van der Waals surface area contributed by atoms with Crippen LogP contribution in [0.4, 0.5) is 22.4 Å². The van der Waals surface area contributed by atoms with Crippen molar-refractivity contribution in [3.05, 3.63) is 137 Å². The Balaban J connectivity index is 1.34. The zero-order chi connectivity index (χ0) is 36.4. The minimum absolute atomic E-state index is 0.0639. The molecule has 7 nitrogen and oxygen atoms in total. The smallest absolute Gasteiger partial charge is 0.410 e. The Hall–Kier alpha value is -4.45. The zero-order valence-electron chi connectivity index (χ0n) is 29.0. The van der Waals surface area contributed by atoms with Gasteiger partial charge in [-0.05, 0) is 56.2 Å². The number of hydrogen-bond acceptors (Lipinski definition) is 6. The third kappa shape index (κ3) is 11.3. The van der Waals surface area contributed by atoms with Crippen LogP contribution in [0.5, 0.6) is 5.75 Å². The molecule has 1 fully saturated rings. The molecule has 1 unspecified atom stereocenters. The number of ether oxygens (including phenoxy) is 5. The third-order valence-electron chi connectivity index (χ3n) is 8.27. The fraction of sp³-hybridized carbons (Fsp3) is 0.375. The van der Waals surface area contributed by atoms with Crippen molar-refractivity contribution >= 4 is 6.09 Å². The van der Waals surface area contributed by atoms with Crippen molar-refractivity contribution in [2.24, 2.45) is 0 Å². The summed E-state index contributed by atoms with van der Waals surface area (Å²) in [5.41, 5.74) is 1.34. The van der Waals surface area contributed by atoms with Gasteiger partial charge >= 0.3 is 6.09 Å². The minimum atomic E-state index is -0.793. The van der Waals surface area contributed by atoms with E-state index < -0.39 is 53.1 Å². The number of rotatable bonds is 14. The van der Waals surface area contributed by atoms with E-state index >= 15 is 0 Å². The third-order valence-corrected chi connectivity index (χ3v) is 8.27. The standard InChI is InChI=1S/C40H43F4NO6/c1-40(2,3)51-39(46)45-22-36(49-25-29-10-14-31(41)20-34(29)43)38(37(23-45)50-26-30-11-15-32(42)21-35(30)44)28-12-16-33(17-13-28)48-19-7-18-47-24-27-8-5-4-6-9-27/h4-6,8-17,20-21,36-38H,7,18-19,22-26H2,1-3H3/t36-,37+,38?. The molecule has 1 amide bonds. The summed E-state index contributed by atoms with van der Waals surface area (Å²) in [6.45, 7) is 6.42. The van der Waals surface area contributed by atoms with Crippen molar-refractivity contribution in [3.8, 4) is 5.75 Å². The molecule has 4 aromatic rings. The molecule has 4 aromatic carbocycles. The highest BCUT2D eigenvalue weighted by atomic mass is 19.1. The molecule has 51 heavy (non-hydrogen) atoms. The number of benzene rings is 4. The SMILES string of the molecule is CC(C)(C)OC(=O)N1C[C@H](OCc2ccc(F)cc2F)C(c2ccc(OCCCOCc3ccccc3)cc2)[C@H](OCc2ccc(F)cc2F)C1. The van der Waals surface area contributed by atoms with E-state index in [0.29, 0.717) is 32.0 Å². The number of likely N-dealkylation sites (tertiary alicyclic amines) is 1. The van der Waals surface area contributed by atoms with Crippen molar-refractivity contribution in [3.63, 3.8) is 0 Å². The van der Waals surface area contributed by atoms with Crippen LogP contribution in [-0.4, -0.2) is 55.1 Å². The molecular weight excluding hydrogens is 666 g/mol. The van der Waals surface area contributed by atoms with Crippen LogP contribution in [0.2, 0.25) is 0 Å². The van der Waals surface area contributed by atoms with Crippen LogP contribution in [0, 0.1) is 23.3 Å². The van der Waals surface area contributed by atoms with Crippen LogP contribution in [0.1, 0.15) is 55.4 Å². The fourth-order valence-electron chi connectivity index (χ4n) is 5.77. The molecule has 0 aromatic heterocycles. The predicted molar refractivity (Wildman–Crippen MR) is 183 cm³/mol. The van der Waals surface area contributed by atoms with Gasteiger partial charge in [0, 0.05) is 35.6 Å². The maximum atomic E-state index is 14.6. The molecule has 5 rings (SSSR count). The van der Waals surface area contributed by atoms with Crippen molar-refractivity contribution in [1.29, 1.82) is 0 Å². The molecular formula is C40H43F4NO6. The zero-order valence-corrected chi connectivity index (χ0v) is 29.0. The van der Waals surface area contributed by atoms with E-state index in [-0.39, 0.29) is 37.4 Å². The van der Waals surface area contributed by atoms with Gasteiger partial charge in [0.15, 0.2) is 0 Å². The summed E-state index contributed by atoms with van der Waals surface area (Å²) >= 11 is 0. The van der Waals surface area contributed by atoms with Gasteiger partial charge in [-0.2, -0.15) is 0 Å². The summed E-state index contributed by atoms with van der Waals surface area (Å²) in [6, 6.07) is 23.7. The normalized spacial score (nSPS) is 17.7. The Morgan fingerprint density at radius 3 is 1.82 bits per heavy atom. The summed E-state index contributed by atoms with van der Waals surface area (Å²) in [7, 11) is 0. The Kier molecular flexibility index (Phi) is 13.1. The topological polar surface area (TPSA) is 66.5 Å². The quantitative estimate of drug-likeness (QED) is 0.0964. The van der Waals surface area contributed by atoms with E-state index in [0.717, 1.165) is 35.4 Å². The second-order valence-electron chi connectivity index (χ2n) is 13.4. The molecule has 0 saturated carbocycles. The summed E-state index contributed by atoms with van der Waals surface area (Å²) < 4.78 is 86.5. The Morgan fingerprint density at radius 2 is 1.29 bits per heavy atom. The highest BCUT2D eigenvalue weighted by Crippen LogP contribution is 2.36. The van der Waals surface area contributed by atoms with Gasteiger partial charge in [-0.15, -0.1) is 0 Å². The Morgan fingerprint density at radius 1 is 0.725 bits per heavy atom. The number of piperidine rings is 1. The summed E-state index contributed by atoms with van der Waals surface area (Å²) in [4.78, 5) is 14.8. The maximum absolute atomic E-state index is 14.6. The van der Waals surface area contributed by atoms with Crippen LogP contribution >= 0.6 is 0 Å². The average molecular weight is 710 g/mol. The van der Waals surface area contributed by atoms with Gasteiger partial charge in [-0.25, -0.2) is 22.4 Å². The van der Waals surface area contributed by atoms with E-state index in [9.17, 15) is 22.4 Å². The largest absolute Gasteiger partial charge is 0.494 e. The molecule has 0 spiro atoms. The molecule has 11 heteroatoms. The van der Waals surface area contributed by atoms with E-state index in [1.807, 2.05) is 54.6 Å². The van der Waals surface area contributed by atoms with Gasteiger partial charge in [0.25, 0.3) is 0 Å². The average Bonchev–Trinajstić information content (AvgIpc) is 3.09. The summed E-state index contributed by atoms with van der Waals surface area (Å²) in [5.74, 6) is -2.87. The highest BCUT2D eigenvalue weighted by Gasteiger charge is 2.42. The lowest BCUT2D eigenvalue weighted by atomic mass is 9.84. The number of halogens is 4. The number of carbonyl (C=O) groups is 1. The van der Waals surface area contributed by atoms with Crippen molar-refractivity contribution in [1.82, 2.24) is 4.90 Å². The molecule has 1 aliphatic heterocycles. The molecule has 272 valence electrons. The van der Waals surface area contributed by atoms with Crippen LogP contribution in [0.3, 0.4) is 0 Å². The van der Waals surface area contributed by atoms with Crippen molar-refractivity contribution < 1.29 is 46.0 Å². The monoisotopic (exact) mass is 709 g/mol. The van der Waals surface area contributed by atoms with Gasteiger partial charge in [0.2, 0.25) is 0 Å². The van der Waals surface area contributed by atoms with Gasteiger partial charge in [-0.3, -0.25) is 0 Å². The maximum Gasteiger partial charge on any atom is 0.410 e. The molecule has 0 N–H and O–H groups in total. The molecule has 1 saturated heterocycles. The molecule has 1 aliphatic rings. The molecule has 0 bridgehead atoms. The molecule has 0 aliphatic carbocycles. The first-order valence-electron chi connectivity index (χ1n) is 16.9. The molecule has 1 heterocycles. The van der Waals surface area contributed by atoms with E-state index in [1.165, 1.54) is 17.0 Å². The number of nitrogens with zero attached hydrogens (tertiary/aromatic N) is 1. The van der Waals surface area contributed by atoms with Crippen molar-refractivity contribution in [2.45, 2.75) is 70.7 Å². The first-order valence-corrected chi connectivity index (χ1v) is 16.9. The lowest BCUT2D eigenvalue weighted by molar-refractivity contribution is -0.101. The van der Waals surface area contributed by atoms with E-state index in [2.05, 4.69) is 0 Å². The molecule has 3 atom stereocenters. The van der Waals surface area contributed by atoms with Gasteiger partial charge < -0.3 is 28.6 Å². The van der Waals surface area contributed by atoms with Gasteiger partial charge in [0.05, 0.1) is 58.3 Å². The lowest BCUT2D eigenvalue weighted by Gasteiger charge is -2.43. The second-order valence-corrected chi connectivity index (χ2v) is 13.4. The Bertz CT molecular complexity index is 1650. The fourth-order valence-corrected chi connectivity index (χ4v) is 5.77. The van der Waals surface area contributed by atoms with E-state index in [4.69, 9.17) is 23.7 Å².